The monoisotopic (exact) mass is 686 g/mol. The van der Waals surface area contributed by atoms with Crippen molar-refractivity contribution in [1.29, 1.82) is 0 Å². The minimum absolute atomic E-state index is 0.000568. The van der Waals surface area contributed by atoms with Crippen LogP contribution in [0.2, 0.25) is 5.02 Å². The van der Waals surface area contributed by atoms with E-state index in [0.29, 0.717) is 16.3 Å². The summed E-state index contributed by atoms with van der Waals surface area (Å²) < 4.78 is 5.56. The van der Waals surface area contributed by atoms with Crippen molar-refractivity contribution in [2.24, 2.45) is 0 Å². The van der Waals surface area contributed by atoms with Gasteiger partial charge in [0, 0.05) is 44.5 Å². The van der Waals surface area contributed by atoms with Gasteiger partial charge in [-0.3, -0.25) is 19.2 Å². The molecule has 2 aliphatic heterocycles. The summed E-state index contributed by atoms with van der Waals surface area (Å²) in [6.45, 7) is 7.68. The number of anilines is 1. The van der Waals surface area contributed by atoms with Crippen LogP contribution in [-0.4, -0.2) is 69.7 Å². The van der Waals surface area contributed by atoms with E-state index in [1.165, 1.54) is 9.80 Å². The number of ether oxygens (including phenoxy) is 1. The minimum atomic E-state index is -1.42. The molecule has 0 aromatic heterocycles. The third-order valence-corrected chi connectivity index (χ3v) is 9.54. The number of hydrogen-bond donors (Lipinski definition) is 2. The second kappa shape index (κ2) is 14.8. The van der Waals surface area contributed by atoms with Crippen LogP contribution in [0.5, 0.6) is 0 Å². The Bertz CT molecular complexity index is 1730. The average molecular weight is 687 g/mol. The van der Waals surface area contributed by atoms with E-state index in [9.17, 15) is 24.0 Å². The van der Waals surface area contributed by atoms with E-state index in [1.54, 1.807) is 57.2 Å². The molecule has 3 aromatic rings. The van der Waals surface area contributed by atoms with Gasteiger partial charge in [-0.15, -0.1) is 0 Å². The van der Waals surface area contributed by atoms with Crippen LogP contribution in [0.15, 0.2) is 72.8 Å². The first-order valence-corrected chi connectivity index (χ1v) is 17.0. The smallest absolute Gasteiger partial charge is 0.410 e. The molecule has 0 bridgehead atoms. The third-order valence-electron chi connectivity index (χ3n) is 9.04. The lowest BCUT2D eigenvalue weighted by Crippen LogP contribution is -2.65. The van der Waals surface area contributed by atoms with Gasteiger partial charge in [-0.25, -0.2) is 4.79 Å². The predicted octanol–water partition coefficient (Wildman–Crippen LogP) is 6.09. The van der Waals surface area contributed by atoms with Gasteiger partial charge < -0.3 is 25.2 Å². The Labute approximate surface area is 292 Å². The lowest BCUT2D eigenvalue weighted by Gasteiger charge is -2.43. The standard InChI is InChI=1S/C38H43ClN4O6/c1-25-11-10-16-29(33(25)39)40-35(47)38(19-21-42(22-20-38)36(48)49-37(2,3)4)41-34(46)30-23-27-14-8-9-15-28(27)24-43(30)32(45)18-17-31(44)26-12-6-5-7-13-26/h5-16,30H,17-24H2,1-4H3,(H,40,47)(H,41,46)/t30-/m0/s1. The number of carbonyl (C=O) groups excluding carboxylic acids is 5. The third kappa shape index (κ3) is 8.48. The van der Waals surface area contributed by atoms with Gasteiger partial charge in [0.05, 0.1) is 10.7 Å². The highest BCUT2D eigenvalue weighted by atomic mass is 35.5. The van der Waals surface area contributed by atoms with Crippen LogP contribution in [0.25, 0.3) is 0 Å². The van der Waals surface area contributed by atoms with Gasteiger partial charge in [-0.05, 0) is 63.3 Å². The summed E-state index contributed by atoms with van der Waals surface area (Å²) in [5.41, 5.74) is 1.43. The van der Waals surface area contributed by atoms with E-state index in [-0.39, 0.29) is 63.4 Å². The fraction of sp³-hybridized carbons (Fsp3) is 0.395. The molecule has 1 saturated heterocycles. The van der Waals surface area contributed by atoms with Gasteiger partial charge in [0.1, 0.15) is 17.2 Å². The van der Waals surface area contributed by atoms with Crippen molar-refractivity contribution in [3.05, 3.63) is 100 Å². The highest BCUT2D eigenvalue weighted by Gasteiger charge is 2.47. The number of hydrogen-bond acceptors (Lipinski definition) is 6. The summed E-state index contributed by atoms with van der Waals surface area (Å²) in [7, 11) is 0. The van der Waals surface area contributed by atoms with Gasteiger partial charge in [-0.2, -0.15) is 0 Å². The zero-order valence-corrected chi connectivity index (χ0v) is 29.1. The molecule has 1 atom stereocenters. The molecular weight excluding hydrogens is 644 g/mol. The van der Waals surface area contributed by atoms with E-state index >= 15 is 0 Å². The molecule has 5 rings (SSSR count). The number of rotatable bonds is 8. The van der Waals surface area contributed by atoms with Gasteiger partial charge in [0.25, 0.3) is 0 Å². The molecule has 1 fully saturated rings. The van der Waals surface area contributed by atoms with Crippen molar-refractivity contribution < 1.29 is 28.7 Å². The number of nitrogens with one attached hydrogen (secondary N) is 2. The van der Waals surface area contributed by atoms with Crippen LogP contribution in [0.3, 0.4) is 0 Å². The first-order valence-electron chi connectivity index (χ1n) is 16.6. The van der Waals surface area contributed by atoms with Crippen molar-refractivity contribution in [2.45, 2.75) is 83.5 Å². The Balaban J connectivity index is 1.39. The lowest BCUT2D eigenvalue weighted by atomic mass is 9.85. The van der Waals surface area contributed by atoms with Gasteiger partial charge in [0.15, 0.2) is 5.78 Å². The number of amides is 4. The molecule has 0 spiro atoms. The van der Waals surface area contributed by atoms with E-state index in [4.69, 9.17) is 16.3 Å². The normalized spacial score (nSPS) is 17.0. The molecule has 0 radical (unpaired) electrons. The summed E-state index contributed by atoms with van der Waals surface area (Å²) >= 11 is 6.53. The first kappa shape index (κ1) is 35.6. The molecule has 0 saturated carbocycles. The Morgan fingerprint density at radius 3 is 2.20 bits per heavy atom. The highest BCUT2D eigenvalue weighted by molar-refractivity contribution is 6.34. The van der Waals surface area contributed by atoms with E-state index in [1.807, 2.05) is 43.3 Å². The minimum Gasteiger partial charge on any atom is -0.444 e. The molecule has 0 unspecified atom stereocenters. The molecule has 3 aromatic carbocycles. The number of ketones is 1. The zero-order chi connectivity index (χ0) is 35.3. The SMILES string of the molecule is Cc1cccc(NC(=O)C2(NC(=O)[C@@H]3Cc4ccccc4CN3C(=O)CCC(=O)c3ccccc3)CCN(C(=O)OC(C)(C)C)CC2)c1Cl. The van der Waals surface area contributed by atoms with Crippen LogP contribution in [0.4, 0.5) is 10.5 Å². The number of Topliss-reactive ketones (excluding diaryl/α,β-unsaturated/α-hetero) is 1. The summed E-state index contributed by atoms with van der Waals surface area (Å²) in [6, 6.07) is 20.8. The molecular formula is C38H43ClN4O6. The van der Waals surface area contributed by atoms with Crippen molar-refractivity contribution in [3.8, 4) is 0 Å². The first-order chi connectivity index (χ1) is 23.3. The van der Waals surface area contributed by atoms with Crippen molar-refractivity contribution in [2.75, 3.05) is 18.4 Å². The molecule has 2 aliphatic rings. The fourth-order valence-electron chi connectivity index (χ4n) is 6.26. The highest BCUT2D eigenvalue weighted by Crippen LogP contribution is 2.31. The number of fused-ring (bicyclic) bond motifs is 1. The fourth-order valence-corrected chi connectivity index (χ4v) is 6.44. The van der Waals surface area contributed by atoms with Gasteiger partial charge in [-0.1, -0.05) is 78.3 Å². The second-order valence-electron chi connectivity index (χ2n) is 13.7. The zero-order valence-electron chi connectivity index (χ0n) is 28.4. The Kier molecular flexibility index (Phi) is 10.8. The molecule has 11 heteroatoms. The maximum atomic E-state index is 14.4. The molecule has 2 heterocycles. The number of carbonyl (C=O) groups is 5. The largest absolute Gasteiger partial charge is 0.444 e. The Morgan fingerprint density at radius 2 is 1.53 bits per heavy atom. The predicted molar refractivity (Wildman–Crippen MR) is 187 cm³/mol. The second-order valence-corrected chi connectivity index (χ2v) is 14.1. The topological polar surface area (TPSA) is 125 Å². The molecule has 0 aliphatic carbocycles. The number of halogens is 1. The van der Waals surface area contributed by atoms with Crippen molar-refractivity contribution in [3.63, 3.8) is 0 Å². The molecule has 10 nitrogen and oxygen atoms in total. The van der Waals surface area contributed by atoms with Gasteiger partial charge >= 0.3 is 6.09 Å². The van der Waals surface area contributed by atoms with Crippen molar-refractivity contribution in [1.82, 2.24) is 15.1 Å². The molecule has 4 amide bonds. The molecule has 49 heavy (non-hydrogen) atoms. The van der Waals surface area contributed by atoms with E-state index < -0.39 is 35.1 Å². The van der Waals surface area contributed by atoms with Crippen LogP contribution < -0.4 is 10.6 Å². The quantitative estimate of drug-likeness (QED) is 0.277. The maximum Gasteiger partial charge on any atom is 0.410 e. The number of likely N-dealkylation sites (tertiary alicyclic amines) is 1. The summed E-state index contributed by atoms with van der Waals surface area (Å²) in [5, 5.41) is 6.33. The molecule has 258 valence electrons. The summed E-state index contributed by atoms with van der Waals surface area (Å²) in [5.74, 6) is -1.45. The Morgan fingerprint density at radius 1 is 0.878 bits per heavy atom. The lowest BCUT2D eigenvalue weighted by molar-refractivity contribution is -0.144. The number of piperidine rings is 1. The van der Waals surface area contributed by atoms with Crippen LogP contribution in [0, 0.1) is 6.92 Å². The number of benzene rings is 3. The van der Waals surface area contributed by atoms with E-state index in [2.05, 4.69) is 10.6 Å². The van der Waals surface area contributed by atoms with Crippen molar-refractivity contribution >= 4 is 46.9 Å². The van der Waals surface area contributed by atoms with Crippen LogP contribution in [0.1, 0.15) is 73.5 Å². The van der Waals surface area contributed by atoms with Gasteiger partial charge in [0.2, 0.25) is 17.7 Å². The summed E-state index contributed by atoms with van der Waals surface area (Å²) in [4.78, 5) is 71.0. The summed E-state index contributed by atoms with van der Waals surface area (Å²) in [6.07, 6.45) is -0.111. The number of aryl methyl sites for hydroxylation is 1. The van der Waals surface area contributed by atoms with Crippen LogP contribution in [-0.2, 0) is 32.1 Å². The number of nitrogens with zero attached hydrogens (tertiary/aromatic N) is 2. The molecule has 2 N–H and O–H groups in total. The van der Waals surface area contributed by atoms with E-state index in [0.717, 1.165) is 16.7 Å². The Hall–Kier alpha value is -4.70. The maximum absolute atomic E-state index is 14.4. The average Bonchev–Trinajstić information content (AvgIpc) is 3.08. The van der Waals surface area contributed by atoms with Crippen LogP contribution >= 0.6 is 11.6 Å².